The van der Waals surface area contributed by atoms with Gasteiger partial charge in [-0.15, -0.1) is 0 Å². The van der Waals surface area contributed by atoms with Crippen LogP contribution in [0.3, 0.4) is 0 Å². The monoisotopic (exact) mass is 386 g/mol. The lowest BCUT2D eigenvalue weighted by Gasteiger charge is -2.11. The predicted molar refractivity (Wildman–Crippen MR) is 82.6 cm³/mol. The fourth-order valence-corrected chi connectivity index (χ4v) is 2.08. The summed E-state index contributed by atoms with van der Waals surface area (Å²) in [6.07, 6.45) is -2.12. The van der Waals surface area contributed by atoms with Gasteiger partial charge >= 0.3 is 12.2 Å². The van der Waals surface area contributed by atoms with Crippen molar-refractivity contribution in [2.24, 2.45) is 0 Å². The van der Waals surface area contributed by atoms with E-state index >= 15 is 0 Å². The minimum atomic E-state index is -4.73. The summed E-state index contributed by atoms with van der Waals surface area (Å²) >= 11 is 0. The van der Waals surface area contributed by atoms with Crippen LogP contribution in [0.5, 0.6) is 5.75 Å². The molecule has 3 aromatic rings. The topological polar surface area (TPSA) is 102 Å². The summed E-state index contributed by atoms with van der Waals surface area (Å²) in [4.78, 5) is 15.9. The Bertz CT molecular complexity index is 953. The number of ether oxygens (including phenoxy) is 1. The highest BCUT2D eigenvalue weighted by Crippen LogP contribution is 2.33. The average Bonchev–Trinajstić information content (AvgIpc) is 3.26. The zero-order chi connectivity index (χ0) is 19.6. The Morgan fingerprint density at radius 3 is 2.59 bits per heavy atom. The summed E-state index contributed by atoms with van der Waals surface area (Å²) < 4.78 is 65.8. The molecule has 8 nitrogen and oxygen atoms in total. The summed E-state index contributed by atoms with van der Waals surface area (Å²) in [7, 11) is 1.25. The lowest BCUT2D eigenvalue weighted by molar-refractivity contribution is -0.142. The van der Waals surface area contributed by atoms with E-state index in [1.54, 1.807) is 0 Å². The van der Waals surface area contributed by atoms with Crippen LogP contribution in [0, 0.1) is 5.82 Å². The standard InChI is InChI=1S/C15H10F4N4O4/c1-25-10-4-7(13-20-2-3-26-13)9(5-8(10)16)21-14(24)22-12-6-11(23-27-12)15(17,18)19/h2-6H,1H3,(H2,21,22,24). The molecule has 27 heavy (non-hydrogen) atoms. The number of hydrogen-bond acceptors (Lipinski definition) is 6. The Morgan fingerprint density at radius 1 is 1.22 bits per heavy atom. The van der Waals surface area contributed by atoms with E-state index < -0.39 is 29.6 Å². The third-order valence-electron chi connectivity index (χ3n) is 3.24. The Labute approximate surface area is 148 Å². The normalized spacial score (nSPS) is 11.3. The molecule has 142 valence electrons. The van der Waals surface area contributed by atoms with Crippen molar-refractivity contribution in [2.45, 2.75) is 6.18 Å². The van der Waals surface area contributed by atoms with Crippen LogP contribution in [0.2, 0.25) is 0 Å². The Morgan fingerprint density at radius 2 is 2.00 bits per heavy atom. The number of benzene rings is 1. The minimum absolute atomic E-state index is 0.0580. The van der Waals surface area contributed by atoms with Gasteiger partial charge in [-0.05, 0) is 6.07 Å². The molecule has 0 saturated carbocycles. The van der Waals surface area contributed by atoms with Gasteiger partial charge in [-0.2, -0.15) is 13.2 Å². The van der Waals surface area contributed by atoms with Gasteiger partial charge in [0.25, 0.3) is 0 Å². The van der Waals surface area contributed by atoms with E-state index in [-0.39, 0.29) is 22.9 Å². The molecule has 2 N–H and O–H groups in total. The van der Waals surface area contributed by atoms with Gasteiger partial charge < -0.3 is 19.0 Å². The van der Waals surface area contributed by atoms with E-state index in [1.165, 1.54) is 25.6 Å². The number of carbonyl (C=O) groups excluding carboxylic acids is 1. The van der Waals surface area contributed by atoms with Crippen molar-refractivity contribution >= 4 is 17.6 Å². The Balaban J connectivity index is 1.83. The first-order valence-corrected chi connectivity index (χ1v) is 7.17. The van der Waals surface area contributed by atoms with Gasteiger partial charge in [0.15, 0.2) is 17.3 Å². The van der Waals surface area contributed by atoms with E-state index in [2.05, 4.69) is 20.0 Å². The van der Waals surface area contributed by atoms with Crippen molar-refractivity contribution in [3.8, 4) is 17.2 Å². The molecule has 0 aliphatic rings. The highest BCUT2D eigenvalue weighted by molar-refractivity contribution is 6.01. The second-order valence-electron chi connectivity index (χ2n) is 5.02. The van der Waals surface area contributed by atoms with Gasteiger partial charge in [-0.1, -0.05) is 5.16 Å². The van der Waals surface area contributed by atoms with Crippen LogP contribution >= 0.6 is 0 Å². The average molecular weight is 386 g/mol. The maximum absolute atomic E-state index is 14.0. The van der Waals surface area contributed by atoms with Crippen LogP contribution in [0.25, 0.3) is 11.5 Å². The number of hydrogen-bond donors (Lipinski definition) is 2. The van der Waals surface area contributed by atoms with Crippen molar-refractivity contribution in [3.05, 3.63) is 42.2 Å². The van der Waals surface area contributed by atoms with Crippen LogP contribution < -0.4 is 15.4 Å². The van der Waals surface area contributed by atoms with Crippen molar-refractivity contribution in [2.75, 3.05) is 17.7 Å². The number of nitrogens with zero attached hydrogens (tertiary/aromatic N) is 2. The summed E-state index contributed by atoms with van der Waals surface area (Å²) in [5.74, 6) is -1.41. The zero-order valence-corrected chi connectivity index (χ0v) is 13.4. The van der Waals surface area contributed by atoms with Gasteiger partial charge in [-0.25, -0.2) is 14.2 Å². The van der Waals surface area contributed by atoms with E-state index in [4.69, 9.17) is 9.15 Å². The molecule has 0 aliphatic heterocycles. The second kappa shape index (κ2) is 6.97. The van der Waals surface area contributed by atoms with Crippen LogP contribution in [0.1, 0.15) is 5.69 Å². The predicted octanol–water partition coefficient (Wildman–Crippen LogP) is 4.14. The van der Waals surface area contributed by atoms with Gasteiger partial charge in [0, 0.05) is 12.1 Å². The zero-order valence-electron chi connectivity index (χ0n) is 13.4. The molecule has 2 heterocycles. The quantitative estimate of drug-likeness (QED) is 0.654. The number of anilines is 2. The summed E-state index contributed by atoms with van der Waals surface area (Å²) in [6, 6.07) is 1.69. The highest BCUT2D eigenvalue weighted by Gasteiger charge is 2.35. The van der Waals surface area contributed by atoms with E-state index in [0.29, 0.717) is 6.07 Å². The molecule has 0 unspecified atom stereocenters. The van der Waals surface area contributed by atoms with Crippen LogP contribution in [0.15, 0.2) is 39.6 Å². The molecular weight excluding hydrogens is 376 g/mol. The molecule has 0 atom stereocenters. The number of halogens is 4. The number of rotatable bonds is 4. The Hall–Kier alpha value is -3.57. The lowest BCUT2D eigenvalue weighted by atomic mass is 10.1. The van der Waals surface area contributed by atoms with E-state index in [9.17, 15) is 22.4 Å². The largest absolute Gasteiger partial charge is 0.494 e. The van der Waals surface area contributed by atoms with Crippen molar-refractivity contribution in [1.82, 2.24) is 10.1 Å². The first-order chi connectivity index (χ1) is 12.8. The molecule has 1 aromatic carbocycles. The molecule has 0 spiro atoms. The first kappa shape index (κ1) is 18.2. The number of alkyl halides is 3. The van der Waals surface area contributed by atoms with Gasteiger partial charge in [-0.3, -0.25) is 5.32 Å². The maximum Gasteiger partial charge on any atom is 0.436 e. The third kappa shape index (κ3) is 3.99. The Kier molecular flexibility index (Phi) is 4.71. The number of nitrogens with one attached hydrogen (secondary N) is 2. The minimum Gasteiger partial charge on any atom is -0.494 e. The smallest absolute Gasteiger partial charge is 0.436 e. The van der Waals surface area contributed by atoms with Crippen molar-refractivity contribution < 1.29 is 36.0 Å². The molecule has 3 rings (SSSR count). The summed E-state index contributed by atoms with van der Waals surface area (Å²) in [5.41, 5.74) is -1.19. The molecule has 0 fully saturated rings. The fourth-order valence-electron chi connectivity index (χ4n) is 2.08. The highest BCUT2D eigenvalue weighted by atomic mass is 19.4. The second-order valence-corrected chi connectivity index (χ2v) is 5.02. The number of oxazole rings is 1. The molecule has 2 amide bonds. The summed E-state index contributed by atoms with van der Waals surface area (Å²) in [5, 5.41) is 7.09. The molecule has 2 aromatic heterocycles. The molecular formula is C15H10F4N4O4. The number of urea groups is 1. The molecule has 0 radical (unpaired) electrons. The van der Waals surface area contributed by atoms with Gasteiger partial charge in [0.2, 0.25) is 11.8 Å². The van der Waals surface area contributed by atoms with E-state index in [1.807, 2.05) is 5.32 Å². The van der Waals surface area contributed by atoms with Crippen molar-refractivity contribution in [1.29, 1.82) is 0 Å². The summed E-state index contributed by atoms with van der Waals surface area (Å²) in [6.45, 7) is 0. The molecule has 12 heteroatoms. The van der Waals surface area contributed by atoms with Crippen LogP contribution in [0.4, 0.5) is 33.9 Å². The van der Waals surface area contributed by atoms with Crippen LogP contribution in [-0.4, -0.2) is 23.3 Å². The maximum atomic E-state index is 14.0. The molecule has 0 aliphatic carbocycles. The number of methoxy groups -OCH3 is 1. The SMILES string of the molecule is COc1cc(-c2ncco2)c(NC(=O)Nc2cc(C(F)(F)F)no2)cc1F. The molecule has 0 bridgehead atoms. The third-order valence-corrected chi connectivity index (χ3v) is 3.24. The lowest BCUT2D eigenvalue weighted by Crippen LogP contribution is -2.19. The number of aromatic nitrogens is 2. The van der Waals surface area contributed by atoms with E-state index in [0.717, 1.165) is 6.07 Å². The van der Waals surface area contributed by atoms with Crippen molar-refractivity contribution in [3.63, 3.8) is 0 Å². The van der Waals surface area contributed by atoms with Gasteiger partial charge in [0.1, 0.15) is 6.26 Å². The number of carbonyl (C=O) groups is 1. The van der Waals surface area contributed by atoms with Crippen LogP contribution in [-0.2, 0) is 6.18 Å². The first-order valence-electron chi connectivity index (χ1n) is 7.17. The molecule has 0 saturated heterocycles. The fraction of sp³-hybridized carbons (Fsp3) is 0.133. The van der Waals surface area contributed by atoms with Gasteiger partial charge in [0.05, 0.1) is 24.6 Å². The number of amides is 2.